The second kappa shape index (κ2) is 4.47. The topological polar surface area (TPSA) is 41.6 Å². The zero-order chi connectivity index (χ0) is 13.6. The molecule has 0 amide bonds. The van der Waals surface area contributed by atoms with Crippen molar-refractivity contribution in [2.45, 2.75) is 6.92 Å². The van der Waals surface area contributed by atoms with Crippen LogP contribution in [0.25, 0.3) is 22.6 Å². The average molecular weight is 296 g/mol. The molecule has 0 radical (unpaired) electrons. The summed E-state index contributed by atoms with van der Waals surface area (Å²) in [5.41, 5.74) is 2.36. The molecule has 19 heavy (non-hydrogen) atoms. The molecule has 0 spiro atoms. The minimum absolute atomic E-state index is 0.178. The van der Waals surface area contributed by atoms with Gasteiger partial charge in [0, 0.05) is 0 Å². The van der Waals surface area contributed by atoms with Crippen LogP contribution in [0, 0.1) is 12.7 Å². The summed E-state index contributed by atoms with van der Waals surface area (Å²) in [7, 11) is 0. The Hall–Kier alpha value is -1.65. The number of rotatable bonds is 1. The van der Waals surface area contributed by atoms with Crippen molar-refractivity contribution in [1.29, 1.82) is 0 Å². The Morgan fingerprint density at radius 3 is 2.74 bits per heavy atom. The van der Waals surface area contributed by atoms with E-state index < -0.39 is 0 Å². The molecule has 0 aliphatic heterocycles. The highest BCUT2D eigenvalue weighted by Crippen LogP contribution is 2.27. The van der Waals surface area contributed by atoms with Gasteiger partial charge in [0.15, 0.2) is 5.65 Å². The molecule has 0 aliphatic rings. The van der Waals surface area contributed by atoms with Gasteiger partial charge in [-0.05, 0) is 25.1 Å². The number of hydrogen-bond acceptors (Lipinski definition) is 2. The van der Waals surface area contributed by atoms with Gasteiger partial charge in [-0.3, -0.25) is 0 Å². The van der Waals surface area contributed by atoms with Crippen molar-refractivity contribution in [3.8, 4) is 11.4 Å². The number of nitrogens with zero attached hydrogens (tertiary/aromatic N) is 2. The summed E-state index contributed by atoms with van der Waals surface area (Å²) >= 11 is 11.7. The molecule has 2 heterocycles. The normalized spacial score (nSPS) is 11.2. The standard InChI is InChI=1S/C13H8Cl2FN3/c1-6-2-3-9(16)7(4-6)12-17-10-5-8(14)11(15)18-13(10)19-12/h2-5H,1H3,(H,17,18,19). The predicted octanol–water partition coefficient (Wildman–Crippen LogP) is 4.38. The Kier molecular flexibility index (Phi) is 2.92. The van der Waals surface area contributed by atoms with Gasteiger partial charge in [0.1, 0.15) is 16.8 Å². The van der Waals surface area contributed by atoms with E-state index in [1.165, 1.54) is 6.07 Å². The lowest BCUT2D eigenvalue weighted by Gasteiger charge is -2.00. The highest BCUT2D eigenvalue weighted by Gasteiger charge is 2.12. The van der Waals surface area contributed by atoms with Gasteiger partial charge in [-0.2, -0.15) is 0 Å². The van der Waals surface area contributed by atoms with Crippen molar-refractivity contribution in [1.82, 2.24) is 15.0 Å². The fourth-order valence-electron chi connectivity index (χ4n) is 1.84. The number of pyridine rings is 1. The van der Waals surface area contributed by atoms with E-state index in [0.717, 1.165) is 5.56 Å². The third kappa shape index (κ3) is 2.17. The van der Waals surface area contributed by atoms with Crippen molar-refractivity contribution >= 4 is 34.4 Å². The van der Waals surface area contributed by atoms with E-state index in [4.69, 9.17) is 23.2 Å². The molecule has 0 bridgehead atoms. The maximum absolute atomic E-state index is 13.8. The van der Waals surface area contributed by atoms with Gasteiger partial charge < -0.3 is 4.98 Å². The van der Waals surface area contributed by atoms with Gasteiger partial charge in [0.2, 0.25) is 0 Å². The second-order valence-electron chi connectivity index (χ2n) is 4.20. The fourth-order valence-corrected chi connectivity index (χ4v) is 2.13. The molecule has 0 fully saturated rings. The molecule has 0 saturated heterocycles. The molecule has 6 heteroatoms. The molecule has 0 saturated carbocycles. The largest absolute Gasteiger partial charge is 0.336 e. The Labute approximate surface area is 118 Å². The van der Waals surface area contributed by atoms with Crippen molar-refractivity contribution in [2.24, 2.45) is 0 Å². The molecule has 0 unspecified atom stereocenters. The summed E-state index contributed by atoms with van der Waals surface area (Å²) in [6, 6.07) is 6.45. The number of hydrogen-bond donors (Lipinski definition) is 1. The minimum atomic E-state index is -0.346. The van der Waals surface area contributed by atoms with Crippen LogP contribution in [0.2, 0.25) is 10.2 Å². The highest BCUT2D eigenvalue weighted by atomic mass is 35.5. The molecule has 0 aliphatic carbocycles. The number of H-pyrrole nitrogens is 1. The first kappa shape index (κ1) is 12.4. The SMILES string of the molecule is Cc1ccc(F)c(-c2nc3nc(Cl)c(Cl)cc3[nH]2)c1. The minimum Gasteiger partial charge on any atom is -0.336 e. The summed E-state index contributed by atoms with van der Waals surface area (Å²) in [6.07, 6.45) is 0. The average Bonchev–Trinajstić information content (AvgIpc) is 2.75. The predicted molar refractivity (Wildman–Crippen MR) is 74.0 cm³/mol. The van der Waals surface area contributed by atoms with Crippen LogP contribution >= 0.6 is 23.2 Å². The summed E-state index contributed by atoms with van der Waals surface area (Å²) in [5, 5.41) is 0.506. The quantitative estimate of drug-likeness (QED) is 0.677. The van der Waals surface area contributed by atoms with Gasteiger partial charge in [-0.25, -0.2) is 14.4 Å². The van der Waals surface area contributed by atoms with Crippen LogP contribution in [0.5, 0.6) is 0 Å². The molecule has 2 aromatic heterocycles. The van der Waals surface area contributed by atoms with Gasteiger partial charge >= 0.3 is 0 Å². The monoisotopic (exact) mass is 295 g/mol. The van der Waals surface area contributed by atoms with E-state index in [1.54, 1.807) is 18.2 Å². The zero-order valence-corrected chi connectivity index (χ0v) is 11.3. The Balaban J connectivity index is 2.23. The summed E-state index contributed by atoms with van der Waals surface area (Å²) in [6.45, 7) is 1.89. The van der Waals surface area contributed by atoms with E-state index in [0.29, 0.717) is 27.6 Å². The lowest BCUT2D eigenvalue weighted by molar-refractivity contribution is 0.630. The van der Waals surface area contributed by atoms with Gasteiger partial charge in [0.05, 0.1) is 16.1 Å². The Morgan fingerprint density at radius 2 is 1.95 bits per heavy atom. The van der Waals surface area contributed by atoms with Gasteiger partial charge in [-0.15, -0.1) is 0 Å². The van der Waals surface area contributed by atoms with E-state index in [1.807, 2.05) is 6.92 Å². The number of aromatic nitrogens is 3. The van der Waals surface area contributed by atoms with Crippen molar-refractivity contribution in [3.05, 3.63) is 45.8 Å². The molecular weight excluding hydrogens is 288 g/mol. The second-order valence-corrected chi connectivity index (χ2v) is 4.97. The number of nitrogens with one attached hydrogen (secondary N) is 1. The Bertz CT molecular complexity index is 744. The first-order chi connectivity index (χ1) is 9.04. The van der Waals surface area contributed by atoms with Crippen LogP contribution < -0.4 is 0 Å². The van der Waals surface area contributed by atoms with Crippen molar-refractivity contribution in [3.63, 3.8) is 0 Å². The summed E-state index contributed by atoms with van der Waals surface area (Å²) in [5.74, 6) is 0.0592. The van der Waals surface area contributed by atoms with Crippen LogP contribution in [0.15, 0.2) is 24.3 Å². The van der Waals surface area contributed by atoms with Gasteiger partial charge in [0.25, 0.3) is 0 Å². The first-order valence-corrected chi connectivity index (χ1v) is 6.28. The molecule has 0 atom stereocenters. The molecule has 3 rings (SSSR count). The maximum Gasteiger partial charge on any atom is 0.179 e. The van der Waals surface area contributed by atoms with Crippen LogP contribution in [0.4, 0.5) is 4.39 Å². The number of imidazole rings is 1. The van der Waals surface area contributed by atoms with E-state index in [-0.39, 0.29) is 11.0 Å². The lowest BCUT2D eigenvalue weighted by atomic mass is 10.1. The smallest absolute Gasteiger partial charge is 0.179 e. The third-order valence-corrected chi connectivity index (χ3v) is 3.43. The van der Waals surface area contributed by atoms with E-state index in [9.17, 15) is 4.39 Å². The zero-order valence-electron chi connectivity index (χ0n) is 9.84. The number of fused-ring (bicyclic) bond motifs is 1. The number of benzene rings is 1. The van der Waals surface area contributed by atoms with Crippen LogP contribution in [0.1, 0.15) is 5.56 Å². The first-order valence-electron chi connectivity index (χ1n) is 5.53. The molecule has 1 N–H and O–H groups in total. The Morgan fingerprint density at radius 1 is 1.16 bits per heavy atom. The number of aromatic amines is 1. The number of halogens is 3. The van der Waals surface area contributed by atoms with Crippen molar-refractivity contribution in [2.75, 3.05) is 0 Å². The maximum atomic E-state index is 13.8. The summed E-state index contributed by atoms with van der Waals surface area (Å²) < 4.78 is 13.8. The van der Waals surface area contributed by atoms with Crippen LogP contribution in [0.3, 0.4) is 0 Å². The molecule has 1 aromatic carbocycles. The molecule has 96 valence electrons. The van der Waals surface area contributed by atoms with E-state index in [2.05, 4.69) is 15.0 Å². The lowest BCUT2D eigenvalue weighted by Crippen LogP contribution is -1.87. The number of aryl methyl sites for hydroxylation is 1. The van der Waals surface area contributed by atoms with Crippen LogP contribution in [-0.4, -0.2) is 15.0 Å². The summed E-state index contributed by atoms with van der Waals surface area (Å²) in [4.78, 5) is 11.3. The highest BCUT2D eigenvalue weighted by molar-refractivity contribution is 6.41. The van der Waals surface area contributed by atoms with Gasteiger partial charge in [-0.1, -0.05) is 34.8 Å². The molecule has 3 nitrogen and oxygen atoms in total. The molecular formula is C13H8Cl2FN3. The fraction of sp³-hybridized carbons (Fsp3) is 0.0769. The van der Waals surface area contributed by atoms with Crippen LogP contribution in [-0.2, 0) is 0 Å². The van der Waals surface area contributed by atoms with Crippen molar-refractivity contribution < 1.29 is 4.39 Å². The van der Waals surface area contributed by atoms with E-state index >= 15 is 0 Å². The molecule has 3 aromatic rings. The third-order valence-electron chi connectivity index (χ3n) is 2.76.